The normalized spacial score (nSPS) is 21.7. The van der Waals surface area contributed by atoms with E-state index in [0.29, 0.717) is 19.0 Å². The largest absolute Gasteiger partial charge is 0.342 e. The number of amides is 3. The molecular weight excluding hydrogens is 474 g/mol. The third-order valence-corrected chi connectivity index (χ3v) is 9.85. The van der Waals surface area contributed by atoms with Gasteiger partial charge >= 0.3 is 6.03 Å². The van der Waals surface area contributed by atoms with E-state index >= 15 is 0 Å². The molecule has 0 saturated heterocycles. The van der Waals surface area contributed by atoms with Gasteiger partial charge in [0.2, 0.25) is 5.91 Å². The fraction of sp³-hybridized carbons (Fsp3) is 0.783. The molecule has 2 fully saturated rings. The number of carbonyl (C=O) groups excluding carboxylic acids is 2. The van der Waals surface area contributed by atoms with E-state index in [1.165, 1.54) is 12.6 Å². The maximum absolute atomic E-state index is 13.4. The Hall–Kier alpha value is -1.72. The van der Waals surface area contributed by atoms with E-state index in [4.69, 9.17) is 0 Å². The molecule has 11 heteroatoms. The fourth-order valence-corrected chi connectivity index (χ4v) is 7.06. The van der Waals surface area contributed by atoms with E-state index in [-0.39, 0.29) is 39.9 Å². The standard InChI is InChI=1S/C23H39N5O4S2/c1-4-27(5-2)20(29)15-25-34(31,32)21-16-24-22(33-21)26-23(30)28(18-9-7-6-8-10-18)19-13-11-17(3)12-14-19/h16-19,25H,4-15H2,1-3H3,(H,24,26,30)/t17-,19-. The zero-order valence-electron chi connectivity index (χ0n) is 20.6. The lowest BCUT2D eigenvalue weighted by molar-refractivity contribution is -0.129. The van der Waals surface area contributed by atoms with E-state index in [1.54, 1.807) is 4.90 Å². The molecule has 2 aliphatic carbocycles. The second-order valence-electron chi connectivity index (χ2n) is 9.42. The van der Waals surface area contributed by atoms with E-state index in [1.807, 2.05) is 18.7 Å². The minimum absolute atomic E-state index is 0.0224. The molecular formula is C23H39N5O4S2. The number of carbonyl (C=O) groups is 2. The Balaban J connectivity index is 1.66. The summed E-state index contributed by atoms with van der Waals surface area (Å²) in [6.45, 7) is 6.69. The number of urea groups is 1. The molecule has 3 amide bonds. The molecule has 34 heavy (non-hydrogen) atoms. The highest BCUT2D eigenvalue weighted by atomic mass is 32.2. The number of rotatable bonds is 9. The number of thiazole rings is 1. The third-order valence-electron chi connectivity index (χ3n) is 7.07. The summed E-state index contributed by atoms with van der Waals surface area (Å²) in [4.78, 5) is 33.3. The first-order valence-electron chi connectivity index (χ1n) is 12.6. The van der Waals surface area contributed by atoms with Gasteiger partial charge in [-0.25, -0.2) is 22.9 Å². The van der Waals surface area contributed by atoms with Crippen molar-refractivity contribution in [2.75, 3.05) is 25.0 Å². The predicted molar refractivity (Wildman–Crippen MR) is 134 cm³/mol. The van der Waals surface area contributed by atoms with Crippen molar-refractivity contribution in [1.29, 1.82) is 0 Å². The van der Waals surface area contributed by atoms with Gasteiger partial charge in [0, 0.05) is 25.2 Å². The molecule has 1 heterocycles. The van der Waals surface area contributed by atoms with Gasteiger partial charge in [0.05, 0.1) is 12.7 Å². The van der Waals surface area contributed by atoms with Crippen molar-refractivity contribution >= 4 is 38.4 Å². The first kappa shape index (κ1) is 26.9. The van der Waals surface area contributed by atoms with Crippen LogP contribution in [0.2, 0.25) is 0 Å². The molecule has 0 unspecified atom stereocenters. The lowest BCUT2D eigenvalue weighted by Gasteiger charge is -2.42. The Kier molecular flexibility index (Phi) is 9.73. The maximum Gasteiger partial charge on any atom is 0.324 e. The molecule has 1 aromatic rings. The first-order chi connectivity index (χ1) is 16.2. The topological polar surface area (TPSA) is 112 Å². The lowest BCUT2D eigenvalue weighted by Crippen LogP contribution is -2.51. The number of nitrogens with zero attached hydrogens (tertiary/aromatic N) is 3. The Morgan fingerprint density at radius 3 is 2.26 bits per heavy atom. The van der Waals surface area contributed by atoms with Crippen LogP contribution in [0.15, 0.2) is 10.4 Å². The second-order valence-corrected chi connectivity index (χ2v) is 12.4. The van der Waals surface area contributed by atoms with Gasteiger partial charge in [-0.3, -0.25) is 10.1 Å². The molecule has 0 spiro atoms. The van der Waals surface area contributed by atoms with Crippen LogP contribution in [0.25, 0.3) is 0 Å². The highest BCUT2D eigenvalue weighted by molar-refractivity contribution is 7.91. The van der Waals surface area contributed by atoms with Crippen LogP contribution in [-0.2, 0) is 14.8 Å². The molecule has 9 nitrogen and oxygen atoms in total. The maximum atomic E-state index is 13.4. The number of likely N-dealkylation sites (N-methyl/N-ethyl adjacent to an activating group) is 1. The van der Waals surface area contributed by atoms with Crippen LogP contribution in [0.4, 0.5) is 9.93 Å². The molecule has 0 bridgehead atoms. The van der Waals surface area contributed by atoms with Crippen molar-refractivity contribution in [3.63, 3.8) is 0 Å². The van der Waals surface area contributed by atoms with E-state index in [2.05, 4.69) is 21.9 Å². The summed E-state index contributed by atoms with van der Waals surface area (Å²) in [5.74, 6) is 0.414. The summed E-state index contributed by atoms with van der Waals surface area (Å²) in [7, 11) is -3.89. The zero-order chi connectivity index (χ0) is 24.7. The van der Waals surface area contributed by atoms with Gasteiger partial charge in [0.25, 0.3) is 10.0 Å². The zero-order valence-corrected chi connectivity index (χ0v) is 22.2. The van der Waals surface area contributed by atoms with Crippen LogP contribution in [0.3, 0.4) is 0 Å². The van der Waals surface area contributed by atoms with Gasteiger partial charge in [0.15, 0.2) is 9.34 Å². The lowest BCUT2D eigenvalue weighted by atomic mass is 9.84. The SMILES string of the molecule is CCN(CC)C(=O)CNS(=O)(=O)c1cnc(NC(=O)N(C2CCCCC2)[C@H]2CC[C@H](C)CC2)s1. The minimum atomic E-state index is -3.89. The molecule has 0 aliphatic heterocycles. The van der Waals surface area contributed by atoms with Crippen molar-refractivity contribution in [2.24, 2.45) is 5.92 Å². The van der Waals surface area contributed by atoms with Crippen LogP contribution in [0, 0.1) is 5.92 Å². The van der Waals surface area contributed by atoms with E-state index < -0.39 is 10.0 Å². The number of hydrogen-bond donors (Lipinski definition) is 2. The van der Waals surface area contributed by atoms with Crippen LogP contribution in [0.5, 0.6) is 0 Å². The van der Waals surface area contributed by atoms with Crippen LogP contribution in [-0.4, -0.2) is 66.9 Å². The summed E-state index contributed by atoms with van der Waals surface area (Å²) in [5, 5.41) is 3.12. The van der Waals surface area contributed by atoms with Gasteiger partial charge < -0.3 is 9.80 Å². The summed E-state index contributed by atoms with van der Waals surface area (Å²) in [6, 6.07) is 0.257. The third kappa shape index (κ3) is 6.91. The Morgan fingerprint density at radius 2 is 1.65 bits per heavy atom. The summed E-state index contributed by atoms with van der Waals surface area (Å²) >= 11 is 0.906. The average Bonchev–Trinajstić information content (AvgIpc) is 3.30. The number of sulfonamides is 1. The van der Waals surface area contributed by atoms with E-state index in [9.17, 15) is 18.0 Å². The van der Waals surface area contributed by atoms with Gasteiger partial charge in [0.1, 0.15) is 0 Å². The smallest absolute Gasteiger partial charge is 0.324 e. The summed E-state index contributed by atoms with van der Waals surface area (Å²) in [5.41, 5.74) is 0. The van der Waals surface area contributed by atoms with Crippen molar-refractivity contribution in [3.8, 4) is 0 Å². The van der Waals surface area contributed by atoms with Gasteiger partial charge in [-0.05, 0) is 58.3 Å². The summed E-state index contributed by atoms with van der Waals surface area (Å²) < 4.78 is 27.6. The highest BCUT2D eigenvalue weighted by Crippen LogP contribution is 2.33. The fourth-order valence-electron chi connectivity index (χ4n) is 5.02. The number of nitrogens with one attached hydrogen (secondary N) is 2. The quantitative estimate of drug-likeness (QED) is 0.518. The molecule has 2 saturated carbocycles. The first-order valence-corrected chi connectivity index (χ1v) is 14.9. The van der Waals surface area contributed by atoms with Crippen molar-refractivity contribution in [2.45, 2.75) is 94.9 Å². The highest BCUT2D eigenvalue weighted by Gasteiger charge is 2.34. The molecule has 0 atom stereocenters. The molecule has 2 aliphatic rings. The van der Waals surface area contributed by atoms with Crippen molar-refractivity contribution < 1.29 is 18.0 Å². The molecule has 0 radical (unpaired) electrons. The molecule has 2 N–H and O–H groups in total. The van der Waals surface area contributed by atoms with Crippen molar-refractivity contribution in [1.82, 2.24) is 19.5 Å². The van der Waals surface area contributed by atoms with E-state index in [0.717, 1.165) is 62.7 Å². The van der Waals surface area contributed by atoms with Crippen LogP contribution in [0.1, 0.15) is 78.6 Å². The minimum Gasteiger partial charge on any atom is -0.342 e. The van der Waals surface area contributed by atoms with Gasteiger partial charge in [-0.15, -0.1) is 0 Å². The van der Waals surface area contributed by atoms with Crippen LogP contribution >= 0.6 is 11.3 Å². The Labute approximate surface area is 207 Å². The van der Waals surface area contributed by atoms with Crippen LogP contribution < -0.4 is 10.0 Å². The van der Waals surface area contributed by atoms with Gasteiger partial charge in [-0.2, -0.15) is 0 Å². The molecule has 192 valence electrons. The monoisotopic (exact) mass is 513 g/mol. The molecule has 3 rings (SSSR count). The molecule has 0 aromatic carbocycles. The Morgan fingerprint density at radius 1 is 1.03 bits per heavy atom. The molecule has 1 aromatic heterocycles. The number of hydrogen-bond acceptors (Lipinski definition) is 6. The van der Waals surface area contributed by atoms with Crippen molar-refractivity contribution in [3.05, 3.63) is 6.20 Å². The second kappa shape index (κ2) is 12.3. The number of anilines is 1. The van der Waals surface area contributed by atoms with Gasteiger partial charge in [-0.1, -0.05) is 37.5 Å². The average molecular weight is 514 g/mol. The Bertz CT molecular complexity index is 918. The number of aromatic nitrogens is 1. The summed E-state index contributed by atoms with van der Waals surface area (Å²) in [6.07, 6.45) is 11.0. The predicted octanol–water partition coefficient (Wildman–Crippen LogP) is 4.04.